The van der Waals surface area contributed by atoms with Crippen LogP contribution in [-0.4, -0.2) is 78.4 Å². The van der Waals surface area contributed by atoms with Crippen LogP contribution in [0.1, 0.15) is 37.8 Å². The maximum atomic E-state index is 12.7. The van der Waals surface area contributed by atoms with Gasteiger partial charge in [0, 0.05) is 45.8 Å². The molecule has 0 aromatic heterocycles. The highest BCUT2D eigenvalue weighted by atomic mass is 127. The Bertz CT molecular complexity index is 763. The molecule has 30 heavy (non-hydrogen) atoms. The summed E-state index contributed by atoms with van der Waals surface area (Å²) in [5.41, 5.74) is 1.69. The Morgan fingerprint density at radius 2 is 1.87 bits per heavy atom. The number of nitriles is 1. The Hall–Kier alpha value is -1.86. The van der Waals surface area contributed by atoms with E-state index in [0.29, 0.717) is 12.1 Å². The number of benzene rings is 1. The van der Waals surface area contributed by atoms with E-state index in [1.807, 2.05) is 36.1 Å². The summed E-state index contributed by atoms with van der Waals surface area (Å²) in [6, 6.07) is 9.71. The van der Waals surface area contributed by atoms with Gasteiger partial charge in [0.15, 0.2) is 5.96 Å². The van der Waals surface area contributed by atoms with Crippen LogP contribution in [0, 0.1) is 11.3 Å². The van der Waals surface area contributed by atoms with Crippen molar-refractivity contribution in [2.24, 2.45) is 4.99 Å². The van der Waals surface area contributed by atoms with Crippen LogP contribution in [0.2, 0.25) is 0 Å². The van der Waals surface area contributed by atoms with E-state index in [-0.39, 0.29) is 35.9 Å². The molecular weight excluding hydrogens is 491 g/mol. The van der Waals surface area contributed by atoms with E-state index in [1.165, 1.54) is 0 Å². The highest BCUT2D eigenvalue weighted by Gasteiger charge is 2.30. The summed E-state index contributed by atoms with van der Waals surface area (Å²) in [5.74, 6) is 1.17. The van der Waals surface area contributed by atoms with Gasteiger partial charge in [-0.25, -0.2) is 4.99 Å². The molecule has 0 saturated carbocycles. The Morgan fingerprint density at radius 3 is 2.50 bits per heavy atom. The third kappa shape index (κ3) is 6.32. The van der Waals surface area contributed by atoms with E-state index in [1.54, 1.807) is 0 Å². The number of hydrogen-bond donors (Lipinski definition) is 1. The van der Waals surface area contributed by atoms with Gasteiger partial charge in [0.2, 0.25) is 5.91 Å². The standard InChI is InChI=1S/C22H32N6O.HI/c1-3-24-22(25-17-20-8-6-7-19(15-20)16-23)28-13-11-26(12-14-28)18(2)21(29)27-9-4-5-10-27;/h6-8,15,18H,3-5,9-14,17H2,1-2H3,(H,24,25);1H. The van der Waals surface area contributed by atoms with E-state index in [4.69, 9.17) is 10.3 Å². The Morgan fingerprint density at radius 1 is 1.17 bits per heavy atom. The fourth-order valence-corrected chi connectivity index (χ4v) is 4.01. The number of hydrogen-bond acceptors (Lipinski definition) is 4. The predicted octanol–water partition coefficient (Wildman–Crippen LogP) is 2.27. The molecule has 1 aromatic carbocycles. The van der Waals surface area contributed by atoms with Crippen LogP contribution in [0.5, 0.6) is 0 Å². The van der Waals surface area contributed by atoms with Gasteiger partial charge in [-0.2, -0.15) is 5.26 Å². The third-order valence-corrected chi connectivity index (χ3v) is 5.74. The molecule has 2 aliphatic heterocycles. The van der Waals surface area contributed by atoms with Crippen LogP contribution in [0.4, 0.5) is 0 Å². The van der Waals surface area contributed by atoms with Gasteiger partial charge in [0.05, 0.1) is 24.2 Å². The molecule has 7 nitrogen and oxygen atoms in total. The molecule has 1 unspecified atom stereocenters. The molecule has 3 rings (SSSR count). The Kier molecular flexibility index (Phi) is 9.85. The molecule has 0 radical (unpaired) electrons. The molecule has 1 atom stereocenters. The lowest BCUT2D eigenvalue weighted by atomic mass is 10.1. The van der Waals surface area contributed by atoms with E-state index >= 15 is 0 Å². The average Bonchev–Trinajstić information content (AvgIpc) is 3.31. The molecule has 1 aromatic rings. The van der Waals surface area contributed by atoms with Gasteiger partial charge >= 0.3 is 0 Å². The number of amides is 1. The summed E-state index contributed by atoms with van der Waals surface area (Å²) in [4.78, 5) is 24.0. The smallest absolute Gasteiger partial charge is 0.239 e. The van der Waals surface area contributed by atoms with Gasteiger partial charge < -0.3 is 15.1 Å². The molecule has 0 aliphatic carbocycles. The number of likely N-dealkylation sites (tertiary alicyclic amines) is 1. The number of guanidine groups is 1. The third-order valence-electron chi connectivity index (χ3n) is 5.74. The van der Waals surface area contributed by atoms with Crippen molar-refractivity contribution in [1.82, 2.24) is 20.0 Å². The van der Waals surface area contributed by atoms with Crippen molar-refractivity contribution in [2.45, 2.75) is 39.3 Å². The summed E-state index contributed by atoms with van der Waals surface area (Å²) in [5, 5.41) is 12.4. The number of carbonyl (C=O) groups excluding carboxylic acids is 1. The second kappa shape index (κ2) is 12.1. The van der Waals surface area contributed by atoms with Gasteiger partial charge in [-0.1, -0.05) is 12.1 Å². The van der Waals surface area contributed by atoms with Crippen molar-refractivity contribution in [3.05, 3.63) is 35.4 Å². The van der Waals surface area contributed by atoms with Crippen LogP contribution < -0.4 is 5.32 Å². The first kappa shape index (κ1) is 24.4. The molecular formula is C22H33IN6O. The highest BCUT2D eigenvalue weighted by molar-refractivity contribution is 14.0. The maximum Gasteiger partial charge on any atom is 0.239 e. The zero-order valence-corrected chi connectivity index (χ0v) is 20.3. The summed E-state index contributed by atoms with van der Waals surface area (Å²) >= 11 is 0. The Labute approximate surface area is 197 Å². The van der Waals surface area contributed by atoms with Gasteiger partial charge in [-0.05, 0) is 44.4 Å². The van der Waals surface area contributed by atoms with Gasteiger partial charge in [-0.15, -0.1) is 24.0 Å². The number of carbonyl (C=O) groups is 1. The van der Waals surface area contributed by atoms with E-state index in [2.05, 4.69) is 28.1 Å². The first-order chi connectivity index (χ1) is 14.1. The number of nitrogens with one attached hydrogen (secondary N) is 1. The fraction of sp³-hybridized carbons (Fsp3) is 0.591. The summed E-state index contributed by atoms with van der Waals surface area (Å²) in [7, 11) is 0. The minimum Gasteiger partial charge on any atom is -0.357 e. The molecule has 2 aliphatic rings. The molecule has 2 saturated heterocycles. The molecule has 8 heteroatoms. The van der Waals surface area contributed by atoms with Crippen LogP contribution >= 0.6 is 24.0 Å². The first-order valence-corrected chi connectivity index (χ1v) is 10.7. The predicted molar refractivity (Wildman–Crippen MR) is 130 cm³/mol. The number of rotatable bonds is 5. The quantitative estimate of drug-likeness (QED) is 0.364. The van der Waals surface area contributed by atoms with Crippen molar-refractivity contribution >= 4 is 35.8 Å². The van der Waals surface area contributed by atoms with Crippen LogP contribution in [0.25, 0.3) is 0 Å². The molecule has 0 spiro atoms. The second-order valence-corrected chi connectivity index (χ2v) is 7.71. The maximum absolute atomic E-state index is 12.7. The SMILES string of the molecule is CCNC(=NCc1cccc(C#N)c1)N1CCN(C(C)C(=O)N2CCCC2)CC1.I. The number of piperazine rings is 1. The number of halogens is 1. The van der Waals surface area contributed by atoms with Crippen LogP contribution in [0.3, 0.4) is 0 Å². The summed E-state index contributed by atoms with van der Waals surface area (Å²) < 4.78 is 0. The zero-order valence-electron chi connectivity index (χ0n) is 18.0. The van der Waals surface area contributed by atoms with Gasteiger partial charge in [0.1, 0.15) is 0 Å². The lowest BCUT2D eigenvalue weighted by Crippen LogP contribution is -2.57. The summed E-state index contributed by atoms with van der Waals surface area (Å²) in [6.45, 7) is 10.7. The molecule has 2 heterocycles. The van der Waals surface area contributed by atoms with Gasteiger partial charge in [-0.3, -0.25) is 9.69 Å². The lowest BCUT2D eigenvalue weighted by Gasteiger charge is -2.39. The van der Waals surface area contributed by atoms with E-state index < -0.39 is 0 Å². The average molecular weight is 524 g/mol. The number of aliphatic imine (C=N–C) groups is 1. The lowest BCUT2D eigenvalue weighted by molar-refractivity contribution is -0.135. The van der Waals surface area contributed by atoms with Crippen LogP contribution in [0.15, 0.2) is 29.3 Å². The van der Waals surface area contributed by atoms with Crippen molar-refractivity contribution in [3.8, 4) is 6.07 Å². The van der Waals surface area contributed by atoms with Gasteiger partial charge in [0.25, 0.3) is 0 Å². The second-order valence-electron chi connectivity index (χ2n) is 7.71. The largest absolute Gasteiger partial charge is 0.357 e. The van der Waals surface area contributed by atoms with E-state index in [9.17, 15) is 4.79 Å². The van der Waals surface area contributed by atoms with E-state index in [0.717, 1.165) is 70.2 Å². The minimum atomic E-state index is -0.0523. The summed E-state index contributed by atoms with van der Waals surface area (Å²) in [6.07, 6.45) is 2.26. The van der Waals surface area contributed by atoms with Crippen molar-refractivity contribution < 1.29 is 4.79 Å². The number of nitrogens with zero attached hydrogens (tertiary/aromatic N) is 5. The van der Waals surface area contributed by atoms with Crippen molar-refractivity contribution in [1.29, 1.82) is 5.26 Å². The van der Waals surface area contributed by atoms with Crippen molar-refractivity contribution in [2.75, 3.05) is 45.8 Å². The molecule has 2 fully saturated rings. The monoisotopic (exact) mass is 524 g/mol. The molecule has 0 bridgehead atoms. The first-order valence-electron chi connectivity index (χ1n) is 10.7. The topological polar surface area (TPSA) is 75.0 Å². The highest BCUT2D eigenvalue weighted by Crippen LogP contribution is 2.14. The minimum absolute atomic E-state index is 0. The molecule has 1 amide bonds. The normalized spacial score (nSPS) is 18.5. The molecule has 164 valence electrons. The zero-order chi connectivity index (χ0) is 20.6. The Balaban J connectivity index is 0.00000320. The van der Waals surface area contributed by atoms with Crippen molar-refractivity contribution in [3.63, 3.8) is 0 Å². The fourth-order valence-electron chi connectivity index (χ4n) is 4.01. The molecule has 1 N–H and O–H groups in total. The van der Waals surface area contributed by atoms with Crippen LogP contribution in [-0.2, 0) is 11.3 Å².